The number of hydrogen-bond acceptors (Lipinski definition) is 10. The highest BCUT2D eigenvalue weighted by atomic mass is 32.1. The molecule has 42 heavy (non-hydrogen) atoms. The van der Waals surface area contributed by atoms with Gasteiger partial charge >= 0.3 is 0 Å². The summed E-state index contributed by atoms with van der Waals surface area (Å²) in [6, 6.07) is 18.1. The second-order valence-electron chi connectivity index (χ2n) is 9.24. The van der Waals surface area contributed by atoms with E-state index >= 15 is 0 Å². The molecule has 218 valence electrons. The van der Waals surface area contributed by atoms with Crippen molar-refractivity contribution in [2.24, 2.45) is 0 Å². The van der Waals surface area contributed by atoms with Gasteiger partial charge in [0.1, 0.15) is 10.8 Å². The van der Waals surface area contributed by atoms with E-state index in [0.717, 1.165) is 16.9 Å². The second-order valence-corrected chi connectivity index (χ2v) is 10.2. The first-order chi connectivity index (χ1) is 20.5. The second kappa shape index (κ2) is 13.2. The van der Waals surface area contributed by atoms with Crippen molar-refractivity contribution < 1.29 is 33.3 Å². The molecule has 1 N–H and O–H groups in total. The van der Waals surface area contributed by atoms with Gasteiger partial charge in [0, 0.05) is 30.6 Å². The SMILES string of the molecule is COc1ccc(-c2nnc(NC(=O)CCN(CCc3ccc(OC)c(OC)c3)C(=O)c3ccc4c(c3)OCO4)s2)cc1. The Labute approximate surface area is 246 Å². The third-order valence-electron chi connectivity index (χ3n) is 6.64. The monoisotopic (exact) mass is 590 g/mol. The summed E-state index contributed by atoms with van der Waals surface area (Å²) >= 11 is 1.27. The highest BCUT2D eigenvalue weighted by Crippen LogP contribution is 2.33. The number of methoxy groups -OCH3 is 3. The van der Waals surface area contributed by atoms with Crippen LogP contribution in [0.25, 0.3) is 10.6 Å². The molecule has 0 unspecified atom stereocenters. The molecular formula is C30H30N4O7S. The lowest BCUT2D eigenvalue weighted by atomic mass is 10.1. The molecule has 0 aliphatic carbocycles. The molecule has 0 bridgehead atoms. The zero-order valence-electron chi connectivity index (χ0n) is 23.4. The fourth-order valence-corrected chi connectivity index (χ4v) is 5.13. The van der Waals surface area contributed by atoms with Crippen molar-refractivity contribution in [3.63, 3.8) is 0 Å². The van der Waals surface area contributed by atoms with Gasteiger partial charge in [-0.2, -0.15) is 0 Å². The first-order valence-corrected chi connectivity index (χ1v) is 14.0. The molecule has 0 atom stereocenters. The van der Waals surface area contributed by atoms with Crippen LogP contribution in [0, 0.1) is 0 Å². The normalized spacial score (nSPS) is 11.6. The first kappa shape index (κ1) is 28.7. The molecule has 1 aliphatic heterocycles. The molecule has 1 aliphatic rings. The fraction of sp³-hybridized carbons (Fsp3) is 0.267. The van der Waals surface area contributed by atoms with Crippen molar-refractivity contribution in [1.82, 2.24) is 15.1 Å². The van der Waals surface area contributed by atoms with Gasteiger partial charge in [-0.15, -0.1) is 10.2 Å². The number of nitrogens with zero attached hydrogens (tertiary/aromatic N) is 3. The van der Waals surface area contributed by atoms with Crippen LogP contribution in [0.4, 0.5) is 5.13 Å². The van der Waals surface area contributed by atoms with E-state index in [2.05, 4.69) is 15.5 Å². The lowest BCUT2D eigenvalue weighted by Gasteiger charge is -2.23. The van der Waals surface area contributed by atoms with Crippen LogP contribution >= 0.6 is 11.3 Å². The largest absolute Gasteiger partial charge is 0.497 e. The predicted molar refractivity (Wildman–Crippen MR) is 157 cm³/mol. The summed E-state index contributed by atoms with van der Waals surface area (Å²) in [5.41, 5.74) is 2.27. The van der Waals surface area contributed by atoms with E-state index in [1.165, 1.54) is 11.3 Å². The van der Waals surface area contributed by atoms with Crippen LogP contribution in [-0.2, 0) is 11.2 Å². The minimum absolute atomic E-state index is 0.0691. The van der Waals surface area contributed by atoms with E-state index in [4.69, 9.17) is 23.7 Å². The number of carbonyl (C=O) groups is 2. The van der Waals surface area contributed by atoms with Crippen LogP contribution in [0.3, 0.4) is 0 Å². The van der Waals surface area contributed by atoms with E-state index in [9.17, 15) is 9.59 Å². The van der Waals surface area contributed by atoms with Crippen molar-refractivity contribution in [3.05, 3.63) is 71.8 Å². The van der Waals surface area contributed by atoms with Gasteiger partial charge in [-0.1, -0.05) is 17.4 Å². The lowest BCUT2D eigenvalue weighted by molar-refractivity contribution is -0.116. The Morgan fingerprint density at radius 1 is 0.881 bits per heavy atom. The van der Waals surface area contributed by atoms with E-state index < -0.39 is 0 Å². The molecule has 12 heteroatoms. The Hall–Kier alpha value is -4.84. The number of rotatable bonds is 12. The summed E-state index contributed by atoms with van der Waals surface area (Å²) in [6.07, 6.45) is 0.611. The summed E-state index contributed by atoms with van der Waals surface area (Å²) in [7, 11) is 4.76. The quantitative estimate of drug-likeness (QED) is 0.251. The number of aromatic nitrogens is 2. The number of amides is 2. The van der Waals surface area contributed by atoms with Gasteiger partial charge < -0.3 is 33.9 Å². The summed E-state index contributed by atoms with van der Waals surface area (Å²) in [6.45, 7) is 0.676. The molecule has 2 heterocycles. The summed E-state index contributed by atoms with van der Waals surface area (Å²) in [5.74, 6) is 2.58. The molecule has 0 saturated heterocycles. The highest BCUT2D eigenvalue weighted by molar-refractivity contribution is 7.18. The minimum Gasteiger partial charge on any atom is -0.497 e. The number of fused-ring (bicyclic) bond motifs is 1. The van der Waals surface area contributed by atoms with Crippen molar-refractivity contribution in [3.8, 4) is 39.3 Å². The zero-order valence-corrected chi connectivity index (χ0v) is 24.2. The third kappa shape index (κ3) is 6.72. The average molecular weight is 591 g/mol. The first-order valence-electron chi connectivity index (χ1n) is 13.1. The minimum atomic E-state index is -0.276. The molecule has 2 amide bonds. The summed E-state index contributed by atoms with van der Waals surface area (Å²) < 4.78 is 26.8. The Bertz CT molecular complexity index is 1560. The van der Waals surface area contributed by atoms with Crippen molar-refractivity contribution in [2.45, 2.75) is 12.8 Å². The number of hydrogen-bond donors (Lipinski definition) is 1. The number of nitrogens with one attached hydrogen (secondary N) is 1. The molecule has 3 aromatic carbocycles. The van der Waals surface area contributed by atoms with Crippen LogP contribution in [0.15, 0.2) is 60.7 Å². The zero-order chi connectivity index (χ0) is 29.5. The molecule has 11 nitrogen and oxygen atoms in total. The number of ether oxygens (including phenoxy) is 5. The van der Waals surface area contributed by atoms with Gasteiger partial charge in [-0.3, -0.25) is 9.59 Å². The van der Waals surface area contributed by atoms with Crippen molar-refractivity contribution in [1.29, 1.82) is 0 Å². The van der Waals surface area contributed by atoms with Crippen molar-refractivity contribution in [2.75, 3.05) is 46.5 Å². The van der Waals surface area contributed by atoms with Gasteiger partial charge in [-0.05, 0) is 66.6 Å². The van der Waals surface area contributed by atoms with Gasteiger partial charge in [0.15, 0.2) is 23.0 Å². The fourth-order valence-electron chi connectivity index (χ4n) is 4.37. The molecule has 0 saturated carbocycles. The molecule has 1 aromatic heterocycles. The molecule has 4 aromatic rings. The maximum atomic E-state index is 13.6. The van der Waals surface area contributed by atoms with E-state index in [1.807, 2.05) is 42.5 Å². The molecule has 0 spiro atoms. The number of anilines is 1. The van der Waals surface area contributed by atoms with Gasteiger partial charge in [0.2, 0.25) is 17.8 Å². The Kier molecular flexibility index (Phi) is 9.02. The Morgan fingerprint density at radius 2 is 1.67 bits per heavy atom. The average Bonchev–Trinajstić information content (AvgIpc) is 3.70. The van der Waals surface area contributed by atoms with E-state index in [1.54, 1.807) is 44.4 Å². The van der Waals surface area contributed by atoms with Gasteiger partial charge in [-0.25, -0.2) is 0 Å². The van der Waals surface area contributed by atoms with Crippen LogP contribution < -0.4 is 29.0 Å². The van der Waals surface area contributed by atoms with Crippen LogP contribution in [-0.4, -0.2) is 68.1 Å². The molecule has 0 radical (unpaired) electrons. The van der Waals surface area contributed by atoms with Crippen LogP contribution in [0.1, 0.15) is 22.3 Å². The maximum absolute atomic E-state index is 13.6. The highest BCUT2D eigenvalue weighted by Gasteiger charge is 2.22. The smallest absolute Gasteiger partial charge is 0.254 e. The third-order valence-corrected chi connectivity index (χ3v) is 7.53. The van der Waals surface area contributed by atoms with Crippen LogP contribution in [0.5, 0.6) is 28.7 Å². The van der Waals surface area contributed by atoms with Gasteiger partial charge in [0.25, 0.3) is 5.91 Å². The van der Waals surface area contributed by atoms with E-state index in [-0.39, 0.29) is 31.6 Å². The molecular weight excluding hydrogens is 560 g/mol. The topological polar surface area (TPSA) is 121 Å². The lowest BCUT2D eigenvalue weighted by Crippen LogP contribution is -2.35. The summed E-state index contributed by atoms with van der Waals surface area (Å²) in [4.78, 5) is 28.1. The van der Waals surface area contributed by atoms with E-state index in [0.29, 0.717) is 51.7 Å². The van der Waals surface area contributed by atoms with Gasteiger partial charge in [0.05, 0.1) is 21.3 Å². The van der Waals surface area contributed by atoms with Crippen LogP contribution in [0.2, 0.25) is 0 Å². The Balaban J connectivity index is 1.26. The molecule has 0 fully saturated rings. The number of benzene rings is 3. The molecule has 5 rings (SSSR count). The Morgan fingerprint density at radius 3 is 2.43 bits per heavy atom. The van der Waals surface area contributed by atoms with Crippen molar-refractivity contribution >= 4 is 28.3 Å². The predicted octanol–water partition coefficient (Wildman–Crippen LogP) is 4.67. The number of carbonyl (C=O) groups excluding carboxylic acids is 2. The standard InChI is InChI=1S/C30H30N4O7S/c1-37-22-8-5-20(6-9-22)28-32-33-30(42-28)31-27(35)13-15-34(14-12-19-4-10-23(38-2)25(16-19)39-3)29(36)21-7-11-24-26(17-21)41-18-40-24/h4-11,16-17H,12-15,18H2,1-3H3,(H,31,33,35). The maximum Gasteiger partial charge on any atom is 0.254 e. The summed E-state index contributed by atoms with van der Waals surface area (Å²) in [5, 5.41) is 12.1.